The Morgan fingerprint density at radius 2 is 1.77 bits per heavy atom. The fraction of sp³-hybridized carbons (Fsp3) is 0.0400. The van der Waals surface area contributed by atoms with Crippen molar-refractivity contribution in [2.75, 3.05) is 10.6 Å². The number of aromatic nitrogens is 1. The number of halogens is 1. The SMILES string of the molecule is O=C(/C=C/c1ccccc1Cl)Nc1cccc(CNc2ccc3ccccc3n2)c1. The summed E-state index contributed by atoms with van der Waals surface area (Å²) in [5.41, 5.74) is 3.52. The first-order valence-corrected chi connectivity index (χ1v) is 9.97. The topological polar surface area (TPSA) is 54.0 Å². The number of benzene rings is 3. The maximum Gasteiger partial charge on any atom is 0.248 e. The smallest absolute Gasteiger partial charge is 0.248 e. The molecule has 0 bridgehead atoms. The van der Waals surface area contributed by atoms with Gasteiger partial charge in [0.1, 0.15) is 5.82 Å². The Morgan fingerprint density at radius 1 is 0.933 bits per heavy atom. The summed E-state index contributed by atoms with van der Waals surface area (Å²) < 4.78 is 0. The summed E-state index contributed by atoms with van der Waals surface area (Å²) in [6.07, 6.45) is 3.18. The summed E-state index contributed by atoms with van der Waals surface area (Å²) in [5, 5.41) is 7.93. The average Bonchev–Trinajstić information content (AvgIpc) is 2.77. The Kier molecular flexibility index (Phi) is 6.06. The van der Waals surface area contributed by atoms with Gasteiger partial charge in [-0.05, 0) is 53.6 Å². The Morgan fingerprint density at radius 3 is 2.67 bits per heavy atom. The van der Waals surface area contributed by atoms with Crippen LogP contribution in [0, 0.1) is 0 Å². The number of pyridine rings is 1. The first-order valence-electron chi connectivity index (χ1n) is 9.59. The zero-order valence-electron chi connectivity index (χ0n) is 16.2. The molecule has 1 aromatic heterocycles. The van der Waals surface area contributed by atoms with Crippen LogP contribution in [0.15, 0.2) is 91.0 Å². The number of nitrogens with one attached hydrogen (secondary N) is 2. The van der Waals surface area contributed by atoms with Crippen LogP contribution in [0.1, 0.15) is 11.1 Å². The van der Waals surface area contributed by atoms with Crippen molar-refractivity contribution in [1.29, 1.82) is 0 Å². The zero-order valence-corrected chi connectivity index (χ0v) is 16.9. The summed E-state index contributed by atoms with van der Waals surface area (Å²) in [6.45, 7) is 0.602. The van der Waals surface area contributed by atoms with Gasteiger partial charge in [-0.1, -0.05) is 60.1 Å². The summed E-state index contributed by atoms with van der Waals surface area (Å²) in [4.78, 5) is 16.9. The average molecular weight is 414 g/mol. The van der Waals surface area contributed by atoms with Crippen LogP contribution in [-0.4, -0.2) is 10.9 Å². The van der Waals surface area contributed by atoms with Crippen LogP contribution in [0.2, 0.25) is 5.02 Å². The minimum Gasteiger partial charge on any atom is -0.366 e. The van der Waals surface area contributed by atoms with Gasteiger partial charge in [-0.15, -0.1) is 0 Å². The van der Waals surface area contributed by atoms with Gasteiger partial charge in [0.15, 0.2) is 0 Å². The molecule has 0 saturated heterocycles. The Hall–Kier alpha value is -3.63. The van der Waals surface area contributed by atoms with E-state index >= 15 is 0 Å². The lowest BCUT2D eigenvalue weighted by Gasteiger charge is -2.09. The Labute approximate surface area is 180 Å². The largest absolute Gasteiger partial charge is 0.366 e. The van der Waals surface area contributed by atoms with Gasteiger partial charge in [0.2, 0.25) is 5.91 Å². The lowest BCUT2D eigenvalue weighted by atomic mass is 10.2. The van der Waals surface area contributed by atoms with Crippen LogP contribution in [0.25, 0.3) is 17.0 Å². The normalized spacial score (nSPS) is 11.0. The van der Waals surface area contributed by atoms with E-state index in [2.05, 4.69) is 15.6 Å². The van der Waals surface area contributed by atoms with Gasteiger partial charge in [-0.25, -0.2) is 4.98 Å². The van der Waals surface area contributed by atoms with Crippen molar-refractivity contribution < 1.29 is 4.79 Å². The first kappa shape index (κ1) is 19.7. The van der Waals surface area contributed by atoms with E-state index in [0.717, 1.165) is 33.5 Å². The molecule has 4 rings (SSSR count). The van der Waals surface area contributed by atoms with Crippen molar-refractivity contribution in [3.05, 3.63) is 107 Å². The third kappa shape index (κ3) is 5.04. The third-order valence-electron chi connectivity index (χ3n) is 4.59. The molecule has 30 heavy (non-hydrogen) atoms. The molecule has 0 aliphatic heterocycles. The molecule has 0 radical (unpaired) electrons. The Bertz CT molecular complexity index is 1220. The second kappa shape index (κ2) is 9.25. The lowest BCUT2D eigenvalue weighted by molar-refractivity contribution is -0.111. The summed E-state index contributed by atoms with van der Waals surface area (Å²) in [7, 11) is 0. The van der Waals surface area contributed by atoms with Crippen LogP contribution in [0.3, 0.4) is 0 Å². The number of carbonyl (C=O) groups excluding carboxylic acids is 1. The van der Waals surface area contributed by atoms with E-state index in [4.69, 9.17) is 11.6 Å². The van der Waals surface area contributed by atoms with E-state index in [1.54, 1.807) is 12.1 Å². The van der Waals surface area contributed by atoms with E-state index in [-0.39, 0.29) is 5.91 Å². The van der Waals surface area contributed by atoms with Crippen molar-refractivity contribution in [3.8, 4) is 0 Å². The maximum atomic E-state index is 12.2. The number of amides is 1. The van der Waals surface area contributed by atoms with Gasteiger partial charge in [0.25, 0.3) is 0 Å². The number of hydrogen-bond donors (Lipinski definition) is 2. The van der Waals surface area contributed by atoms with Crippen LogP contribution in [0.4, 0.5) is 11.5 Å². The Balaban J connectivity index is 1.38. The summed E-state index contributed by atoms with van der Waals surface area (Å²) >= 11 is 6.11. The predicted molar refractivity (Wildman–Crippen MR) is 125 cm³/mol. The quantitative estimate of drug-likeness (QED) is 0.372. The zero-order chi connectivity index (χ0) is 20.8. The van der Waals surface area contributed by atoms with Crippen molar-refractivity contribution in [2.45, 2.75) is 6.54 Å². The molecule has 0 aliphatic rings. The molecule has 0 aliphatic carbocycles. The molecule has 0 spiro atoms. The van der Waals surface area contributed by atoms with Gasteiger partial charge in [-0.3, -0.25) is 4.79 Å². The summed E-state index contributed by atoms with van der Waals surface area (Å²) in [6, 6.07) is 27.1. The predicted octanol–water partition coefficient (Wildman–Crippen LogP) is 6.15. The van der Waals surface area contributed by atoms with Crippen LogP contribution >= 0.6 is 11.6 Å². The number of anilines is 2. The molecule has 0 fully saturated rings. The van der Waals surface area contributed by atoms with Crippen molar-refractivity contribution >= 4 is 46.0 Å². The van der Waals surface area contributed by atoms with E-state index in [1.165, 1.54) is 6.08 Å². The highest BCUT2D eigenvalue weighted by atomic mass is 35.5. The monoisotopic (exact) mass is 413 g/mol. The van der Waals surface area contributed by atoms with Crippen LogP contribution in [-0.2, 0) is 11.3 Å². The van der Waals surface area contributed by atoms with Gasteiger partial charge in [-0.2, -0.15) is 0 Å². The minimum atomic E-state index is -0.212. The third-order valence-corrected chi connectivity index (χ3v) is 4.93. The fourth-order valence-electron chi connectivity index (χ4n) is 3.08. The minimum absolute atomic E-state index is 0.212. The molecule has 2 N–H and O–H groups in total. The highest BCUT2D eigenvalue weighted by molar-refractivity contribution is 6.32. The van der Waals surface area contributed by atoms with E-state index < -0.39 is 0 Å². The fourth-order valence-corrected chi connectivity index (χ4v) is 3.27. The van der Waals surface area contributed by atoms with Crippen molar-refractivity contribution in [3.63, 3.8) is 0 Å². The lowest BCUT2D eigenvalue weighted by Crippen LogP contribution is -2.08. The summed E-state index contributed by atoms with van der Waals surface area (Å²) in [5.74, 6) is 0.599. The first-order chi connectivity index (χ1) is 14.7. The van der Waals surface area contributed by atoms with E-state index in [1.807, 2.05) is 78.9 Å². The molecular weight excluding hydrogens is 394 g/mol. The number of nitrogens with zero attached hydrogens (tertiary/aromatic N) is 1. The molecule has 148 valence electrons. The van der Waals surface area contributed by atoms with Gasteiger partial charge < -0.3 is 10.6 Å². The molecule has 4 aromatic rings. The highest BCUT2D eigenvalue weighted by Gasteiger charge is 2.02. The molecule has 0 unspecified atom stereocenters. The second-order valence-electron chi connectivity index (χ2n) is 6.79. The van der Waals surface area contributed by atoms with Gasteiger partial charge >= 0.3 is 0 Å². The maximum absolute atomic E-state index is 12.2. The molecule has 0 atom stereocenters. The van der Waals surface area contributed by atoms with Crippen molar-refractivity contribution in [2.24, 2.45) is 0 Å². The highest BCUT2D eigenvalue weighted by Crippen LogP contribution is 2.18. The number of para-hydroxylation sites is 1. The van der Waals surface area contributed by atoms with Gasteiger partial charge in [0, 0.05) is 28.7 Å². The molecule has 1 amide bonds. The van der Waals surface area contributed by atoms with Crippen molar-refractivity contribution in [1.82, 2.24) is 4.98 Å². The number of rotatable bonds is 6. The molecule has 4 nitrogen and oxygen atoms in total. The van der Waals surface area contributed by atoms with Crippen LogP contribution in [0.5, 0.6) is 0 Å². The molecule has 1 heterocycles. The standard InChI is InChI=1S/C25H20ClN3O/c26-22-10-3-1-7-19(22)13-15-25(30)28-21-9-5-6-18(16-21)17-27-24-14-12-20-8-2-4-11-23(20)29-24/h1-16H,17H2,(H,27,29)(H,28,30)/b15-13+. The molecule has 0 saturated carbocycles. The van der Waals surface area contributed by atoms with E-state index in [9.17, 15) is 4.79 Å². The molecule has 3 aromatic carbocycles. The number of hydrogen-bond acceptors (Lipinski definition) is 3. The second-order valence-corrected chi connectivity index (χ2v) is 7.19. The number of fused-ring (bicyclic) bond motifs is 1. The molecule has 5 heteroatoms. The number of carbonyl (C=O) groups is 1. The van der Waals surface area contributed by atoms with Gasteiger partial charge in [0.05, 0.1) is 5.52 Å². The molecular formula is C25H20ClN3O. The van der Waals surface area contributed by atoms with E-state index in [0.29, 0.717) is 11.6 Å². The van der Waals surface area contributed by atoms with Crippen LogP contribution < -0.4 is 10.6 Å².